The highest BCUT2D eigenvalue weighted by atomic mass is 15.1. The summed E-state index contributed by atoms with van der Waals surface area (Å²) in [6.45, 7) is 3.06. The summed E-state index contributed by atoms with van der Waals surface area (Å²) in [6, 6.07) is 0.374. The largest absolute Gasteiger partial charge is 0.337 e. The quantitative estimate of drug-likeness (QED) is 0.599. The van der Waals surface area contributed by atoms with Gasteiger partial charge >= 0.3 is 0 Å². The Morgan fingerprint density at radius 1 is 1.58 bits per heavy atom. The zero-order valence-electron chi connectivity index (χ0n) is 7.25. The molecule has 1 aromatic heterocycles. The van der Waals surface area contributed by atoms with Gasteiger partial charge in [0.2, 0.25) is 0 Å². The Morgan fingerprint density at radius 3 is 3.08 bits per heavy atom. The van der Waals surface area contributed by atoms with Gasteiger partial charge in [-0.1, -0.05) is 0 Å². The minimum atomic E-state index is 0.374. The smallest absolute Gasteiger partial charge is 0.126 e. The average molecular weight is 166 g/mol. The first-order valence-electron chi connectivity index (χ1n) is 4.29. The van der Waals surface area contributed by atoms with Gasteiger partial charge in [0.25, 0.3) is 0 Å². The molecule has 1 saturated heterocycles. The fraction of sp³-hybridized carbons (Fsp3) is 0.625. The first-order chi connectivity index (χ1) is 5.88. The predicted molar refractivity (Wildman–Crippen MR) is 46.8 cm³/mol. The van der Waals surface area contributed by atoms with Gasteiger partial charge in [-0.15, -0.1) is 0 Å². The van der Waals surface area contributed by atoms with E-state index in [0.29, 0.717) is 6.04 Å². The summed E-state index contributed by atoms with van der Waals surface area (Å²) in [5.74, 6) is 1.11. The lowest BCUT2D eigenvalue weighted by molar-refractivity contribution is 0.408. The molecule has 1 fully saturated rings. The van der Waals surface area contributed by atoms with Crippen molar-refractivity contribution in [3.63, 3.8) is 0 Å². The maximum atomic E-state index is 4.30. The van der Waals surface area contributed by atoms with Crippen molar-refractivity contribution in [1.82, 2.24) is 20.2 Å². The molecule has 66 valence electrons. The summed E-state index contributed by atoms with van der Waals surface area (Å²) < 4.78 is 2.06. The van der Waals surface area contributed by atoms with E-state index in [0.717, 1.165) is 25.5 Å². The Morgan fingerprint density at radius 2 is 2.50 bits per heavy atom. The molecule has 2 rings (SSSR count). The van der Waals surface area contributed by atoms with Gasteiger partial charge in [0.15, 0.2) is 0 Å². The van der Waals surface area contributed by atoms with Crippen molar-refractivity contribution < 1.29 is 0 Å². The number of piperazine rings is 1. The summed E-state index contributed by atoms with van der Waals surface area (Å²) in [7, 11) is 2.03. The van der Waals surface area contributed by atoms with Crippen LogP contribution in [-0.4, -0.2) is 29.2 Å². The van der Waals surface area contributed by atoms with E-state index < -0.39 is 0 Å². The van der Waals surface area contributed by atoms with Crippen molar-refractivity contribution in [3.05, 3.63) is 18.2 Å². The Kier molecular flexibility index (Phi) is 2.10. The SMILES string of the molecule is Cn1ccnc1[C@H]1CNCCN1. The van der Waals surface area contributed by atoms with Crippen molar-refractivity contribution in [1.29, 1.82) is 0 Å². The van der Waals surface area contributed by atoms with Gasteiger partial charge < -0.3 is 15.2 Å². The molecule has 1 aromatic rings. The van der Waals surface area contributed by atoms with Gasteiger partial charge in [0, 0.05) is 39.1 Å². The molecule has 12 heavy (non-hydrogen) atoms. The van der Waals surface area contributed by atoms with E-state index >= 15 is 0 Å². The highest BCUT2D eigenvalue weighted by molar-refractivity contribution is 5.00. The molecule has 1 aliphatic rings. The molecule has 0 bridgehead atoms. The zero-order valence-corrected chi connectivity index (χ0v) is 7.25. The lowest BCUT2D eigenvalue weighted by Crippen LogP contribution is -2.43. The number of nitrogens with zero attached hydrogens (tertiary/aromatic N) is 2. The van der Waals surface area contributed by atoms with Crippen molar-refractivity contribution in [2.45, 2.75) is 6.04 Å². The van der Waals surface area contributed by atoms with E-state index in [-0.39, 0.29) is 0 Å². The predicted octanol–water partition coefficient (Wildman–Crippen LogP) is -0.346. The van der Waals surface area contributed by atoms with Gasteiger partial charge in [-0.05, 0) is 0 Å². The molecule has 0 amide bonds. The number of hydrogen-bond acceptors (Lipinski definition) is 3. The van der Waals surface area contributed by atoms with E-state index in [9.17, 15) is 0 Å². The first kappa shape index (κ1) is 7.76. The third-order valence-electron chi connectivity index (χ3n) is 2.21. The topological polar surface area (TPSA) is 41.9 Å². The van der Waals surface area contributed by atoms with Gasteiger partial charge in [-0.25, -0.2) is 4.98 Å². The Balaban J connectivity index is 2.13. The van der Waals surface area contributed by atoms with Crippen LogP contribution in [0.1, 0.15) is 11.9 Å². The molecular weight excluding hydrogens is 152 g/mol. The summed E-state index contributed by atoms with van der Waals surface area (Å²) >= 11 is 0. The maximum Gasteiger partial charge on any atom is 0.126 e. The molecule has 2 heterocycles. The summed E-state index contributed by atoms with van der Waals surface area (Å²) in [5, 5.41) is 6.75. The zero-order chi connectivity index (χ0) is 8.39. The molecule has 0 unspecified atom stereocenters. The van der Waals surface area contributed by atoms with Gasteiger partial charge in [-0.3, -0.25) is 0 Å². The molecule has 1 atom stereocenters. The standard InChI is InChI=1S/C8H14N4/c1-12-5-4-11-8(12)7-6-9-2-3-10-7/h4-5,7,9-10H,2-3,6H2,1H3/t7-/m1/s1. The second-order valence-corrected chi connectivity index (χ2v) is 3.11. The van der Waals surface area contributed by atoms with E-state index in [1.165, 1.54) is 0 Å². The highest BCUT2D eigenvalue weighted by Crippen LogP contribution is 2.09. The third kappa shape index (κ3) is 1.35. The van der Waals surface area contributed by atoms with Crippen LogP contribution in [0.2, 0.25) is 0 Å². The van der Waals surface area contributed by atoms with Crippen LogP contribution >= 0.6 is 0 Å². The molecule has 4 heteroatoms. The highest BCUT2D eigenvalue weighted by Gasteiger charge is 2.17. The second-order valence-electron chi connectivity index (χ2n) is 3.11. The van der Waals surface area contributed by atoms with E-state index in [1.54, 1.807) is 0 Å². The molecule has 0 radical (unpaired) electrons. The lowest BCUT2D eigenvalue weighted by atomic mass is 10.2. The molecule has 0 aliphatic carbocycles. The normalized spacial score (nSPS) is 24.2. The van der Waals surface area contributed by atoms with Gasteiger partial charge in [-0.2, -0.15) is 0 Å². The maximum absolute atomic E-state index is 4.30. The van der Waals surface area contributed by atoms with Crippen molar-refractivity contribution in [2.24, 2.45) is 7.05 Å². The fourth-order valence-electron chi connectivity index (χ4n) is 1.55. The van der Waals surface area contributed by atoms with E-state index in [2.05, 4.69) is 20.2 Å². The number of imidazole rings is 1. The average Bonchev–Trinajstić information content (AvgIpc) is 2.53. The fourth-order valence-corrected chi connectivity index (χ4v) is 1.55. The molecule has 0 saturated carbocycles. The Hall–Kier alpha value is -0.870. The minimum Gasteiger partial charge on any atom is -0.337 e. The van der Waals surface area contributed by atoms with Crippen LogP contribution in [0.5, 0.6) is 0 Å². The molecule has 4 nitrogen and oxygen atoms in total. The van der Waals surface area contributed by atoms with E-state index in [1.807, 2.05) is 19.4 Å². The van der Waals surface area contributed by atoms with Crippen LogP contribution in [0.4, 0.5) is 0 Å². The number of nitrogens with one attached hydrogen (secondary N) is 2. The first-order valence-corrected chi connectivity index (χ1v) is 4.29. The van der Waals surface area contributed by atoms with Crippen LogP contribution in [0.15, 0.2) is 12.4 Å². The second kappa shape index (κ2) is 3.25. The third-order valence-corrected chi connectivity index (χ3v) is 2.21. The van der Waals surface area contributed by atoms with Crippen LogP contribution in [-0.2, 0) is 7.05 Å². The molecule has 1 aliphatic heterocycles. The molecule has 0 aromatic carbocycles. The van der Waals surface area contributed by atoms with Crippen LogP contribution < -0.4 is 10.6 Å². The number of hydrogen-bond donors (Lipinski definition) is 2. The van der Waals surface area contributed by atoms with Crippen LogP contribution in [0.25, 0.3) is 0 Å². The summed E-state index contributed by atoms with van der Waals surface area (Å²) in [4.78, 5) is 4.30. The Bertz CT molecular complexity index is 249. The van der Waals surface area contributed by atoms with Crippen molar-refractivity contribution >= 4 is 0 Å². The van der Waals surface area contributed by atoms with Crippen molar-refractivity contribution in [3.8, 4) is 0 Å². The van der Waals surface area contributed by atoms with Crippen LogP contribution in [0.3, 0.4) is 0 Å². The molecule has 0 spiro atoms. The van der Waals surface area contributed by atoms with Crippen molar-refractivity contribution in [2.75, 3.05) is 19.6 Å². The number of rotatable bonds is 1. The summed E-state index contributed by atoms with van der Waals surface area (Å²) in [5.41, 5.74) is 0. The van der Waals surface area contributed by atoms with Gasteiger partial charge in [0.1, 0.15) is 5.82 Å². The number of aromatic nitrogens is 2. The number of aryl methyl sites for hydroxylation is 1. The van der Waals surface area contributed by atoms with Crippen LogP contribution in [0, 0.1) is 0 Å². The molecular formula is C8H14N4. The minimum absolute atomic E-state index is 0.374. The van der Waals surface area contributed by atoms with Gasteiger partial charge in [0.05, 0.1) is 6.04 Å². The van der Waals surface area contributed by atoms with E-state index in [4.69, 9.17) is 0 Å². The molecule has 2 N–H and O–H groups in total. The Labute approximate surface area is 72.0 Å². The monoisotopic (exact) mass is 166 g/mol. The summed E-state index contributed by atoms with van der Waals surface area (Å²) in [6.07, 6.45) is 3.82. The lowest BCUT2D eigenvalue weighted by Gasteiger charge is -2.23.